The van der Waals surface area contributed by atoms with Crippen LogP contribution in [0, 0.1) is 11.7 Å². The molecule has 1 unspecified atom stereocenters. The fraction of sp³-hybridized carbons (Fsp3) is 0.381. The third-order valence-electron chi connectivity index (χ3n) is 5.11. The SMILES string of the molecule is COc1cccc(CN(C)C(=O)C2CCCN(S(=O)(=O)c3ccc(F)cc3)C2)c1. The summed E-state index contributed by atoms with van der Waals surface area (Å²) < 4.78 is 45.4. The molecule has 2 aromatic rings. The lowest BCUT2D eigenvalue weighted by molar-refractivity contribution is -0.135. The highest BCUT2D eigenvalue weighted by Crippen LogP contribution is 2.25. The first-order valence-corrected chi connectivity index (χ1v) is 10.9. The van der Waals surface area contributed by atoms with Gasteiger partial charge in [-0.05, 0) is 54.8 Å². The summed E-state index contributed by atoms with van der Waals surface area (Å²) >= 11 is 0. The molecule has 0 N–H and O–H groups in total. The highest BCUT2D eigenvalue weighted by molar-refractivity contribution is 7.89. The van der Waals surface area contributed by atoms with E-state index in [9.17, 15) is 17.6 Å². The van der Waals surface area contributed by atoms with Crippen LogP contribution in [0.3, 0.4) is 0 Å². The zero-order valence-electron chi connectivity index (χ0n) is 16.5. The first-order chi connectivity index (χ1) is 13.8. The fourth-order valence-corrected chi connectivity index (χ4v) is 5.08. The summed E-state index contributed by atoms with van der Waals surface area (Å²) in [5, 5.41) is 0. The van der Waals surface area contributed by atoms with Gasteiger partial charge in [-0.25, -0.2) is 12.8 Å². The van der Waals surface area contributed by atoms with E-state index in [-0.39, 0.29) is 17.3 Å². The van der Waals surface area contributed by atoms with E-state index in [1.807, 2.05) is 24.3 Å². The molecule has 156 valence electrons. The number of carbonyl (C=O) groups excluding carboxylic acids is 1. The zero-order chi connectivity index (χ0) is 21.0. The molecule has 1 fully saturated rings. The average molecular weight is 421 g/mol. The van der Waals surface area contributed by atoms with Crippen LogP contribution in [0.2, 0.25) is 0 Å². The molecule has 3 rings (SSSR count). The number of nitrogens with zero attached hydrogens (tertiary/aromatic N) is 2. The van der Waals surface area contributed by atoms with E-state index >= 15 is 0 Å². The van der Waals surface area contributed by atoms with Gasteiger partial charge in [0, 0.05) is 26.7 Å². The van der Waals surface area contributed by atoms with Crippen LogP contribution in [-0.4, -0.2) is 50.8 Å². The fourth-order valence-electron chi connectivity index (χ4n) is 3.55. The van der Waals surface area contributed by atoms with Gasteiger partial charge < -0.3 is 9.64 Å². The highest BCUT2D eigenvalue weighted by Gasteiger charge is 2.34. The Morgan fingerprint density at radius 2 is 1.97 bits per heavy atom. The third-order valence-corrected chi connectivity index (χ3v) is 6.99. The number of piperidine rings is 1. The van der Waals surface area contributed by atoms with Gasteiger partial charge >= 0.3 is 0 Å². The summed E-state index contributed by atoms with van der Waals surface area (Å²) in [6.07, 6.45) is 1.24. The van der Waals surface area contributed by atoms with Crippen LogP contribution in [-0.2, 0) is 21.4 Å². The quantitative estimate of drug-likeness (QED) is 0.721. The molecule has 1 aliphatic heterocycles. The second kappa shape index (κ2) is 8.92. The normalized spacial score (nSPS) is 17.7. The Labute approximate surface area is 170 Å². The molecule has 6 nitrogen and oxygen atoms in total. The van der Waals surface area contributed by atoms with Crippen molar-refractivity contribution in [2.75, 3.05) is 27.2 Å². The number of carbonyl (C=O) groups is 1. The highest BCUT2D eigenvalue weighted by atomic mass is 32.2. The minimum absolute atomic E-state index is 0.0386. The third kappa shape index (κ3) is 4.94. The van der Waals surface area contributed by atoms with Crippen molar-refractivity contribution in [1.29, 1.82) is 0 Å². The van der Waals surface area contributed by atoms with Gasteiger partial charge in [-0.2, -0.15) is 4.31 Å². The predicted octanol–water partition coefficient (Wildman–Crippen LogP) is 2.89. The van der Waals surface area contributed by atoms with E-state index in [2.05, 4.69) is 0 Å². The number of hydrogen-bond acceptors (Lipinski definition) is 4. The van der Waals surface area contributed by atoms with Gasteiger partial charge in [0.1, 0.15) is 11.6 Å². The molecule has 0 spiro atoms. The average Bonchev–Trinajstić information content (AvgIpc) is 2.73. The minimum Gasteiger partial charge on any atom is -0.497 e. The van der Waals surface area contributed by atoms with Gasteiger partial charge in [0.25, 0.3) is 0 Å². The molecule has 1 heterocycles. The van der Waals surface area contributed by atoms with Crippen molar-refractivity contribution in [2.24, 2.45) is 5.92 Å². The van der Waals surface area contributed by atoms with Crippen molar-refractivity contribution in [3.63, 3.8) is 0 Å². The van der Waals surface area contributed by atoms with Crippen LogP contribution < -0.4 is 4.74 Å². The van der Waals surface area contributed by atoms with Crippen LogP contribution in [0.15, 0.2) is 53.4 Å². The Hall–Kier alpha value is -2.45. The summed E-state index contributed by atoms with van der Waals surface area (Å²) in [5.74, 6) is -0.270. The second-order valence-corrected chi connectivity index (χ2v) is 9.14. The Balaban J connectivity index is 1.69. The zero-order valence-corrected chi connectivity index (χ0v) is 17.4. The smallest absolute Gasteiger partial charge is 0.243 e. The Bertz CT molecular complexity index is 963. The topological polar surface area (TPSA) is 66.9 Å². The number of methoxy groups -OCH3 is 1. The van der Waals surface area contributed by atoms with Crippen molar-refractivity contribution in [1.82, 2.24) is 9.21 Å². The molecule has 1 aliphatic rings. The van der Waals surface area contributed by atoms with Crippen LogP contribution in [0.4, 0.5) is 4.39 Å². The van der Waals surface area contributed by atoms with Crippen LogP contribution in [0.25, 0.3) is 0 Å². The van der Waals surface area contributed by atoms with E-state index in [0.717, 1.165) is 23.4 Å². The molecule has 0 bridgehead atoms. The van der Waals surface area contributed by atoms with Gasteiger partial charge in [-0.15, -0.1) is 0 Å². The lowest BCUT2D eigenvalue weighted by atomic mass is 9.98. The number of amides is 1. The number of ether oxygens (including phenoxy) is 1. The minimum atomic E-state index is -3.76. The van der Waals surface area contributed by atoms with Crippen molar-refractivity contribution in [3.05, 3.63) is 59.9 Å². The first-order valence-electron chi connectivity index (χ1n) is 9.45. The second-order valence-electron chi connectivity index (χ2n) is 7.20. The molecule has 1 saturated heterocycles. The molecule has 8 heteroatoms. The summed E-state index contributed by atoms with van der Waals surface area (Å²) in [6.45, 7) is 0.890. The number of benzene rings is 2. The maximum Gasteiger partial charge on any atom is 0.243 e. The van der Waals surface area contributed by atoms with Crippen molar-refractivity contribution in [3.8, 4) is 5.75 Å². The Morgan fingerprint density at radius 1 is 1.24 bits per heavy atom. The van der Waals surface area contributed by atoms with E-state index in [4.69, 9.17) is 4.74 Å². The van der Waals surface area contributed by atoms with Crippen molar-refractivity contribution >= 4 is 15.9 Å². The number of halogens is 1. The van der Waals surface area contributed by atoms with Crippen molar-refractivity contribution < 1.29 is 22.3 Å². The lowest BCUT2D eigenvalue weighted by Gasteiger charge is -2.33. The van der Waals surface area contributed by atoms with Crippen LogP contribution >= 0.6 is 0 Å². The van der Waals surface area contributed by atoms with Crippen LogP contribution in [0.1, 0.15) is 18.4 Å². The molecule has 2 aromatic carbocycles. The Kier molecular flexibility index (Phi) is 6.54. The maximum atomic E-state index is 13.1. The molecule has 29 heavy (non-hydrogen) atoms. The first kappa shape index (κ1) is 21.3. The number of hydrogen-bond donors (Lipinski definition) is 0. The monoisotopic (exact) mass is 420 g/mol. The largest absolute Gasteiger partial charge is 0.497 e. The number of rotatable bonds is 6. The molecule has 1 amide bonds. The van der Waals surface area contributed by atoms with Gasteiger partial charge in [0.2, 0.25) is 15.9 Å². The molecule has 0 aliphatic carbocycles. The predicted molar refractivity (Wildman–Crippen MR) is 107 cm³/mol. The van der Waals surface area contributed by atoms with Gasteiger partial charge in [0.05, 0.1) is 17.9 Å². The molecular weight excluding hydrogens is 395 g/mol. The molecular formula is C21H25FN2O4S. The summed E-state index contributed by atoms with van der Waals surface area (Å²) in [4.78, 5) is 14.6. The standard InChI is InChI=1S/C21H25FN2O4S/c1-23(14-16-5-3-7-19(13-16)28-2)21(25)17-6-4-12-24(15-17)29(26,27)20-10-8-18(22)9-11-20/h3,5,7-11,13,17H,4,6,12,14-15H2,1-2H3. The van der Waals surface area contributed by atoms with Gasteiger partial charge in [0.15, 0.2) is 0 Å². The van der Waals surface area contributed by atoms with E-state index in [1.54, 1.807) is 19.1 Å². The van der Waals surface area contributed by atoms with Crippen molar-refractivity contribution in [2.45, 2.75) is 24.3 Å². The molecule has 1 atom stereocenters. The van der Waals surface area contributed by atoms with Gasteiger partial charge in [-0.3, -0.25) is 4.79 Å². The molecule has 0 saturated carbocycles. The van der Waals surface area contributed by atoms with Gasteiger partial charge in [-0.1, -0.05) is 12.1 Å². The molecule has 0 radical (unpaired) electrons. The summed E-state index contributed by atoms with van der Waals surface area (Å²) in [5.41, 5.74) is 0.937. The summed E-state index contributed by atoms with van der Waals surface area (Å²) in [6, 6.07) is 12.3. The summed E-state index contributed by atoms with van der Waals surface area (Å²) in [7, 11) is -0.453. The maximum absolute atomic E-state index is 13.1. The van der Waals surface area contributed by atoms with E-state index < -0.39 is 21.8 Å². The lowest BCUT2D eigenvalue weighted by Crippen LogP contribution is -2.45. The Morgan fingerprint density at radius 3 is 2.66 bits per heavy atom. The number of sulfonamides is 1. The van der Waals surface area contributed by atoms with E-state index in [1.165, 1.54) is 16.4 Å². The van der Waals surface area contributed by atoms with E-state index in [0.29, 0.717) is 25.9 Å². The van der Waals surface area contributed by atoms with Crippen LogP contribution in [0.5, 0.6) is 5.75 Å². The molecule has 0 aromatic heterocycles.